The van der Waals surface area contributed by atoms with Crippen molar-refractivity contribution in [2.45, 2.75) is 19.4 Å². The van der Waals surface area contributed by atoms with Crippen LogP contribution in [0.25, 0.3) is 0 Å². The predicted molar refractivity (Wildman–Crippen MR) is 45.3 cm³/mol. The quantitative estimate of drug-likeness (QED) is 0.710. The van der Waals surface area contributed by atoms with Crippen molar-refractivity contribution in [1.82, 2.24) is 0 Å². The van der Waals surface area contributed by atoms with Gasteiger partial charge in [-0.2, -0.15) is 0 Å². The van der Waals surface area contributed by atoms with Gasteiger partial charge < -0.3 is 10.8 Å². The summed E-state index contributed by atoms with van der Waals surface area (Å²) in [7, 11) is 0. The molecule has 0 saturated carbocycles. The van der Waals surface area contributed by atoms with Crippen molar-refractivity contribution in [1.29, 1.82) is 0 Å². The highest BCUT2D eigenvalue weighted by Gasteiger charge is 2.09. The minimum Gasteiger partial charge on any atom is -0.508 e. The molecule has 0 bridgehead atoms. The van der Waals surface area contributed by atoms with Crippen molar-refractivity contribution in [2.24, 2.45) is 5.73 Å². The number of aromatic hydroxyl groups is 1. The lowest BCUT2D eigenvalue weighted by atomic mass is 10.0. The van der Waals surface area contributed by atoms with Gasteiger partial charge in [-0.05, 0) is 24.6 Å². The molecule has 0 aliphatic heterocycles. The molecule has 0 heterocycles. The summed E-state index contributed by atoms with van der Waals surface area (Å²) in [6.07, 6.45) is 0.653. The van der Waals surface area contributed by atoms with Crippen molar-refractivity contribution in [3.05, 3.63) is 29.6 Å². The van der Waals surface area contributed by atoms with Crippen LogP contribution in [0.5, 0.6) is 5.75 Å². The molecule has 1 atom stereocenters. The first kappa shape index (κ1) is 9.00. The number of rotatable bonds is 2. The molecule has 3 N–H and O–H groups in total. The maximum absolute atomic E-state index is 13.0. The van der Waals surface area contributed by atoms with Crippen molar-refractivity contribution < 1.29 is 9.50 Å². The van der Waals surface area contributed by atoms with E-state index in [9.17, 15) is 4.39 Å². The lowest BCUT2D eigenvalue weighted by Gasteiger charge is -2.09. The van der Waals surface area contributed by atoms with Crippen LogP contribution >= 0.6 is 0 Å². The van der Waals surface area contributed by atoms with Crippen LogP contribution in [-0.4, -0.2) is 5.11 Å². The fourth-order valence-electron chi connectivity index (χ4n) is 1.04. The molecule has 0 fully saturated rings. The molecule has 1 aromatic carbocycles. The van der Waals surface area contributed by atoms with E-state index in [1.165, 1.54) is 18.2 Å². The zero-order valence-electron chi connectivity index (χ0n) is 6.92. The first-order valence-corrected chi connectivity index (χ1v) is 3.89. The van der Waals surface area contributed by atoms with E-state index < -0.39 is 0 Å². The van der Waals surface area contributed by atoms with Gasteiger partial charge in [-0.25, -0.2) is 4.39 Å². The van der Waals surface area contributed by atoms with Crippen LogP contribution in [0.3, 0.4) is 0 Å². The number of hydrogen-bond acceptors (Lipinski definition) is 2. The number of hydrogen-bond donors (Lipinski definition) is 2. The molecule has 0 spiro atoms. The fourth-order valence-corrected chi connectivity index (χ4v) is 1.04. The Morgan fingerprint density at radius 3 is 2.83 bits per heavy atom. The van der Waals surface area contributed by atoms with E-state index in [4.69, 9.17) is 10.8 Å². The Morgan fingerprint density at radius 1 is 1.58 bits per heavy atom. The predicted octanol–water partition coefficient (Wildman–Crippen LogP) is 1.94. The minimum absolute atomic E-state index is 0.0512. The number of nitrogens with two attached hydrogens (primary N) is 1. The summed E-state index contributed by atoms with van der Waals surface area (Å²) in [6, 6.07) is 3.56. The Balaban J connectivity index is 3.04. The fraction of sp³-hybridized carbons (Fsp3) is 0.333. The molecule has 0 saturated heterocycles. The van der Waals surface area contributed by atoms with Gasteiger partial charge in [0.05, 0.1) is 0 Å². The molecule has 2 nitrogen and oxygen atoms in total. The SMILES string of the molecule is CCC(N)c1cc(O)ccc1F. The largest absolute Gasteiger partial charge is 0.508 e. The number of phenolic OH excluding ortho intramolecular Hbond substituents is 1. The zero-order valence-corrected chi connectivity index (χ0v) is 6.92. The average Bonchev–Trinajstić information content (AvgIpc) is 2.08. The summed E-state index contributed by atoms with van der Waals surface area (Å²) in [5.74, 6) is -0.308. The Hall–Kier alpha value is -1.09. The second kappa shape index (κ2) is 3.54. The van der Waals surface area contributed by atoms with Crippen LogP contribution in [0.2, 0.25) is 0 Å². The van der Waals surface area contributed by atoms with Crippen molar-refractivity contribution >= 4 is 0 Å². The van der Waals surface area contributed by atoms with Crippen LogP contribution in [-0.2, 0) is 0 Å². The Labute approximate surface area is 70.8 Å². The third-order valence-electron chi connectivity index (χ3n) is 1.82. The first-order chi connectivity index (χ1) is 5.65. The topological polar surface area (TPSA) is 46.2 Å². The van der Waals surface area contributed by atoms with Crippen molar-refractivity contribution in [2.75, 3.05) is 0 Å². The van der Waals surface area contributed by atoms with Crippen LogP contribution in [0, 0.1) is 5.82 Å². The standard InChI is InChI=1S/C9H12FNO/c1-2-9(11)7-5-6(12)3-4-8(7)10/h3-5,9,12H,2,11H2,1H3. The van der Waals surface area contributed by atoms with Crippen LogP contribution in [0.1, 0.15) is 24.9 Å². The lowest BCUT2D eigenvalue weighted by Crippen LogP contribution is -2.10. The highest BCUT2D eigenvalue weighted by atomic mass is 19.1. The second-order valence-corrected chi connectivity index (χ2v) is 2.72. The summed E-state index contributed by atoms with van der Waals surface area (Å²) in [6.45, 7) is 1.87. The van der Waals surface area contributed by atoms with Gasteiger partial charge >= 0.3 is 0 Å². The van der Waals surface area contributed by atoms with Gasteiger partial charge in [-0.3, -0.25) is 0 Å². The Kier molecular flexibility index (Phi) is 2.65. The normalized spacial score (nSPS) is 12.9. The lowest BCUT2D eigenvalue weighted by molar-refractivity contribution is 0.469. The molecule has 66 valence electrons. The third kappa shape index (κ3) is 1.74. The van der Waals surface area contributed by atoms with E-state index in [0.29, 0.717) is 12.0 Å². The maximum atomic E-state index is 13.0. The molecule has 1 rings (SSSR count). The molecule has 0 aromatic heterocycles. The highest BCUT2D eigenvalue weighted by Crippen LogP contribution is 2.21. The van der Waals surface area contributed by atoms with Crippen LogP contribution in [0.15, 0.2) is 18.2 Å². The molecule has 0 aliphatic carbocycles. The summed E-state index contributed by atoms with van der Waals surface area (Å²) >= 11 is 0. The minimum atomic E-state index is -0.359. The molecule has 0 aliphatic rings. The van der Waals surface area contributed by atoms with Gasteiger partial charge in [0.2, 0.25) is 0 Å². The molecule has 1 aromatic rings. The van der Waals surface area contributed by atoms with Crippen molar-refractivity contribution in [3.63, 3.8) is 0 Å². The van der Waals surface area contributed by atoms with Gasteiger partial charge in [0.25, 0.3) is 0 Å². The number of phenols is 1. The summed E-state index contributed by atoms with van der Waals surface area (Å²) in [5.41, 5.74) is 5.99. The summed E-state index contributed by atoms with van der Waals surface area (Å²) in [4.78, 5) is 0. The molecular formula is C9H12FNO. The Bertz CT molecular complexity index is 275. The monoisotopic (exact) mass is 169 g/mol. The van der Waals surface area contributed by atoms with Crippen molar-refractivity contribution in [3.8, 4) is 5.75 Å². The zero-order chi connectivity index (χ0) is 9.14. The number of halogens is 1. The number of benzene rings is 1. The highest BCUT2D eigenvalue weighted by molar-refractivity contribution is 5.30. The summed E-state index contributed by atoms with van der Waals surface area (Å²) < 4.78 is 13.0. The third-order valence-corrected chi connectivity index (χ3v) is 1.82. The van der Waals surface area contributed by atoms with Gasteiger partial charge in [-0.15, -0.1) is 0 Å². The molecule has 0 amide bonds. The summed E-state index contributed by atoms with van der Waals surface area (Å²) in [5, 5.41) is 9.06. The van der Waals surface area contributed by atoms with Crippen LogP contribution < -0.4 is 5.73 Å². The van der Waals surface area contributed by atoms with E-state index in [-0.39, 0.29) is 17.6 Å². The Morgan fingerprint density at radius 2 is 2.25 bits per heavy atom. The van der Waals surface area contributed by atoms with Crippen LogP contribution in [0.4, 0.5) is 4.39 Å². The van der Waals surface area contributed by atoms with E-state index >= 15 is 0 Å². The molecule has 3 heteroatoms. The molecule has 0 radical (unpaired) electrons. The average molecular weight is 169 g/mol. The maximum Gasteiger partial charge on any atom is 0.128 e. The van der Waals surface area contributed by atoms with Gasteiger partial charge in [0.15, 0.2) is 0 Å². The van der Waals surface area contributed by atoms with E-state index in [1.807, 2.05) is 6.92 Å². The van der Waals surface area contributed by atoms with E-state index in [0.717, 1.165) is 0 Å². The van der Waals surface area contributed by atoms with E-state index in [2.05, 4.69) is 0 Å². The molecule has 1 unspecified atom stereocenters. The molecule has 12 heavy (non-hydrogen) atoms. The molecular weight excluding hydrogens is 157 g/mol. The first-order valence-electron chi connectivity index (χ1n) is 3.89. The van der Waals surface area contributed by atoms with Gasteiger partial charge in [-0.1, -0.05) is 6.92 Å². The van der Waals surface area contributed by atoms with E-state index in [1.54, 1.807) is 0 Å². The van der Waals surface area contributed by atoms with Gasteiger partial charge in [0, 0.05) is 11.6 Å². The second-order valence-electron chi connectivity index (χ2n) is 2.72. The smallest absolute Gasteiger partial charge is 0.128 e. The van der Waals surface area contributed by atoms with Gasteiger partial charge in [0.1, 0.15) is 11.6 Å².